The summed E-state index contributed by atoms with van der Waals surface area (Å²) in [6, 6.07) is -0.308. The van der Waals surface area contributed by atoms with Crippen LogP contribution in [0.1, 0.15) is 24.8 Å². The van der Waals surface area contributed by atoms with Gasteiger partial charge in [-0.2, -0.15) is 0 Å². The second-order valence-electron chi connectivity index (χ2n) is 4.69. The molecule has 0 radical (unpaired) electrons. The Morgan fingerprint density at radius 2 is 2.14 bits per heavy atom. The van der Waals surface area contributed by atoms with Gasteiger partial charge in [0.05, 0.1) is 0 Å². The number of anilines is 1. The van der Waals surface area contributed by atoms with Gasteiger partial charge in [-0.15, -0.1) is 10.2 Å². The lowest BCUT2D eigenvalue weighted by molar-refractivity contribution is -0.125. The molecule has 0 aromatic carbocycles. The molecule has 0 atom stereocenters. The van der Waals surface area contributed by atoms with Crippen LogP contribution in [0.3, 0.4) is 0 Å². The maximum atomic E-state index is 11.7. The van der Waals surface area contributed by atoms with Crippen molar-refractivity contribution in [3.8, 4) is 0 Å². The molecule has 4 amide bonds. The standard InChI is InChI=1S/C12H17N5O3S/c1-3-9-14-15-11(21-9)13-8(18)5-4-6-17-10(19)7-16(2)12(17)20/h3-7H2,1-2H3,(H,13,15,18). The zero-order chi connectivity index (χ0) is 15.4. The molecule has 0 saturated carbocycles. The van der Waals surface area contributed by atoms with E-state index in [9.17, 15) is 14.4 Å². The van der Waals surface area contributed by atoms with E-state index in [0.717, 1.165) is 11.4 Å². The van der Waals surface area contributed by atoms with E-state index < -0.39 is 0 Å². The van der Waals surface area contributed by atoms with Gasteiger partial charge < -0.3 is 10.2 Å². The third-order valence-electron chi connectivity index (χ3n) is 3.03. The number of hydrogen-bond acceptors (Lipinski definition) is 6. The highest BCUT2D eigenvalue weighted by Crippen LogP contribution is 2.16. The number of aryl methyl sites for hydroxylation is 1. The van der Waals surface area contributed by atoms with Gasteiger partial charge in [0.2, 0.25) is 16.9 Å². The first kappa shape index (κ1) is 15.4. The van der Waals surface area contributed by atoms with Gasteiger partial charge in [0.1, 0.15) is 11.6 Å². The molecule has 1 aromatic rings. The Bertz CT molecular complexity index is 559. The molecule has 1 saturated heterocycles. The lowest BCUT2D eigenvalue weighted by atomic mass is 10.3. The van der Waals surface area contributed by atoms with Gasteiger partial charge in [0, 0.05) is 20.0 Å². The minimum absolute atomic E-state index is 0.107. The summed E-state index contributed by atoms with van der Waals surface area (Å²) in [6.07, 6.45) is 1.43. The van der Waals surface area contributed by atoms with E-state index in [0.29, 0.717) is 11.6 Å². The molecule has 0 spiro atoms. The predicted octanol–water partition coefficient (Wildman–Crippen LogP) is 0.713. The third kappa shape index (κ3) is 3.75. The molecule has 0 bridgehead atoms. The van der Waals surface area contributed by atoms with E-state index in [1.54, 1.807) is 7.05 Å². The number of aromatic nitrogens is 2. The van der Waals surface area contributed by atoms with E-state index in [-0.39, 0.29) is 37.4 Å². The van der Waals surface area contributed by atoms with Crippen LogP contribution in [0.25, 0.3) is 0 Å². The number of amides is 4. The average molecular weight is 311 g/mol. The highest BCUT2D eigenvalue weighted by Gasteiger charge is 2.32. The fourth-order valence-electron chi connectivity index (χ4n) is 1.92. The number of carbonyl (C=O) groups excluding carboxylic acids is 3. The lowest BCUT2D eigenvalue weighted by Gasteiger charge is -2.13. The molecule has 0 unspecified atom stereocenters. The summed E-state index contributed by atoms with van der Waals surface area (Å²) in [6.45, 7) is 2.33. The molecule has 1 aromatic heterocycles. The van der Waals surface area contributed by atoms with Gasteiger partial charge >= 0.3 is 6.03 Å². The number of rotatable bonds is 6. The quantitative estimate of drug-likeness (QED) is 0.781. The Labute approximate surface area is 126 Å². The molecular formula is C12H17N5O3S. The largest absolute Gasteiger partial charge is 0.326 e. The van der Waals surface area contributed by atoms with Gasteiger partial charge in [0.15, 0.2) is 0 Å². The molecule has 1 fully saturated rings. The van der Waals surface area contributed by atoms with E-state index in [1.807, 2.05) is 6.92 Å². The van der Waals surface area contributed by atoms with Crippen LogP contribution in [-0.2, 0) is 16.0 Å². The number of nitrogens with zero attached hydrogens (tertiary/aromatic N) is 4. The molecule has 1 aliphatic heterocycles. The smallest absolute Gasteiger partial charge is 0.318 e. The number of carbonyl (C=O) groups is 3. The molecule has 1 N–H and O–H groups in total. The van der Waals surface area contributed by atoms with Crippen LogP contribution < -0.4 is 5.32 Å². The molecule has 9 heteroatoms. The number of imide groups is 1. The Morgan fingerprint density at radius 1 is 1.38 bits per heavy atom. The van der Waals surface area contributed by atoms with Crippen LogP contribution in [0.15, 0.2) is 0 Å². The van der Waals surface area contributed by atoms with Gasteiger partial charge in [0.25, 0.3) is 0 Å². The van der Waals surface area contributed by atoms with Crippen LogP contribution in [0.4, 0.5) is 9.93 Å². The van der Waals surface area contributed by atoms with Crippen molar-refractivity contribution in [3.05, 3.63) is 5.01 Å². The highest BCUT2D eigenvalue weighted by atomic mass is 32.1. The zero-order valence-corrected chi connectivity index (χ0v) is 12.8. The molecule has 2 rings (SSSR count). The number of likely N-dealkylation sites (N-methyl/N-ethyl adjacent to an activating group) is 1. The van der Waals surface area contributed by atoms with Gasteiger partial charge in [-0.25, -0.2) is 4.79 Å². The fourth-order valence-corrected chi connectivity index (χ4v) is 2.61. The van der Waals surface area contributed by atoms with Crippen molar-refractivity contribution in [1.82, 2.24) is 20.0 Å². The third-order valence-corrected chi connectivity index (χ3v) is 4.02. The summed E-state index contributed by atoms with van der Waals surface area (Å²) in [5.74, 6) is -0.416. The SMILES string of the molecule is CCc1nnc(NC(=O)CCCN2C(=O)CN(C)C2=O)s1. The average Bonchev–Trinajstić information content (AvgIpc) is 2.98. The van der Waals surface area contributed by atoms with Crippen LogP contribution in [0, 0.1) is 0 Å². The van der Waals surface area contributed by atoms with Gasteiger partial charge in [-0.1, -0.05) is 18.3 Å². The Hall–Kier alpha value is -2.03. The summed E-state index contributed by atoms with van der Waals surface area (Å²) < 4.78 is 0. The maximum absolute atomic E-state index is 11.7. The zero-order valence-electron chi connectivity index (χ0n) is 12.0. The summed E-state index contributed by atoms with van der Waals surface area (Å²) >= 11 is 1.34. The van der Waals surface area contributed by atoms with Crippen molar-refractivity contribution >= 4 is 34.3 Å². The van der Waals surface area contributed by atoms with E-state index in [4.69, 9.17) is 0 Å². The molecule has 1 aliphatic rings. The molecule has 21 heavy (non-hydrogen) atoms. The normalized spacial score (nSPS) is 15.0. The molecule has 8 nitrogen and oxygen atoms in total. The monoisotopic (exact) mass is 311 g/mol. The van der Waals surface area contributed by atoms with Crippen LogP contribution in [-0.4, -0.2) is 58.0 Å². The first-order valence-electron chi connectivity index (χ1n) is 6.69. The van der Waals surface area contributed by atoms with Gasteiger partial charge in [-0.3, -0.25) is 14.5 Å². The second-order valence-corrected chi connectivity index (χ2v) is 5.75. The molecular weight excluding hydrogens is 294 g/mol. The predicted molar refractivity (Wildman–Crippen MR) is 76.9 cm³/mol. The van der Waals surface area contributed by atoms with Gasteiger partial charge in [-0.05, 0) is 12.8 Å². The van der Waals surface area contributed by atoms with E-state index >= 15 is 0 Å². The minimum Gasteiger partial charge on any atom is -0.318 e. The van der Waals surface area contributed by atoms with Crippen molar-refractivity contribution in [2.45, 2.75) is 26.2 Å². The van der Waals surface area contributed by atoms with Crippen molar-refractivity contribution in [3.63, 3.8) is 0 Å². The van der Waals surface area contributed by atoms with Crippen molar-refractivity contribution < 1.29 is 14.4 Å². The topological polar surface area (TPSA) is 95.5 Å². The number of urea groups is 1. The van der Waals surface area contributed by atoms with Crippen molar-refractivity contribution in [2.24, 2.45) is 0 Å². The van der Waals surface area contributed by atoms with E-state index in [1.165, 1.54) is 21.1 Å². The van der Waals surface area contributed by atoms with Crippen LogP contribution in [0.2, 0.25) is 0 Å². The molecule has 2 heterocycles. The van der Waals surface area contributed by atoms with E-state index in [2.05, 4.69) is 15.5 Å². The molecule has 0 aliphatic carbocycles. The summed E-state index contributed by atoms with van der Waals surface area (Å²) in [4.78, 5) is 37.4. The summed E-state index contributed by atoms with van der Waals surface area (Å²) in [5, 5.41) is 11.8. The lowest BCUT2D eigenvalue weighted by Crippen LogP contribution is -2.32. The first-order chi connectivity index (χ1) is 10.0. The number of nitrogens with one attached hydrogen (secondary N) is 1. The fraction of sp³-hybridized carbons (Fsp3) is 0.583. The van der Waals surface area contributed by atoms with Crippen molar-refractivity contribution in [2.75, 3.05) is 25.5 Å². The summed E-state index contributed by atoms with van der Waals surface area (Å²) in [7, 11) is 1.58. The summed E-state index contributed by atoms with van der Waals surface area (Å²) in [5.41, 5.74) is 0. The second kappa shape index (κ2) is 6.61. The minimum atomic E-state index is -0.308. The number of hydrogen-bond donors (Lipinski definition) is 1. The Morgan fingerprint density at radius 3 is 2.71 bits per heavy atom. The molecule has 114 valence electrons. The van der Waals surface area contributed by atoms with Crippen molar-refractivity contribution in [1.29, 1.82) is 0 Å². The van der Waals surface area contributed by atoms with Crippen LogP contribution >= 0.6 is 11.3 Å². The maximum Gasteiger partial charge on any atom is 0.326 e. The van der Waals surface area contributed by atoms with Crippen LogP contribution in [0.5, 0.6) is 0 Å². The highest BCUT2D eigenvalue weighted by molar-refractivity contribution is 7.15. The Balaban J connectivity index is 1.74. The Kier molecular flexibility index (Phi) is 4.84. The first-order valence-corrected chi connectivity index (χ1v) is 7.50.